The molecule has 0 spiro atoms. The quantitative estimate of drug-likeness (QED) is 0.649. The maximum atomic E-state index is 13.6. The molecule has 23 heavy (non-hydrogen) atoms. The topological polar surface area (TPSA) is 26.3 Å². The Bertz CT molecular complexity index is 604. The largest absolute Gasteiger partial charge is 0.460 e. The highest BCUT2D eigenvalue weighted by Gasteiger charge is 2.31. The van der Waals surface area contributed by atoms with Crippen LogP contribution in [0.5, 0.6) is 0 Å². The fraction of sp³-hybridized carbons (Fsp3) is 0.471. The molecule has 128 valence electrons. The summed E-state index contributed by atoms with van der Waals surface area (Å²) >= 11 is 11.3. The molecule has 0 bridgehead atoms. The van der Waals surface area contributed by atoms with Gasteiger partial charge in [0.15, 0.2) is 0 Å². The minimum atomic E-state index is -0.675. The van der Waals surface area contributed by atoms with Gasteiger partial charge in [0.25, 0.3) is 0 Å². The number of hydrogen-bond acceptors (Lipinski definition) is 2. The summed E-state index contributed by atoms with van der Waals surface area (Å²) in [5.74, 6) is -2.57. The van der Waals surface area contributed by atoms with Gasteiger partial charge in [0.05, 0.1) is 5.92 Å². The smallest absolute Gasteiger partial charge is 0.313 e. The lowest BCUT2D eigenvalue weighted by molar-refractivity contribution is -0.151. The highest BCUT2D eigenvalue weighted by molar-refractivity contribution is 6.55. The molecule has 0 aliphatic rings. The average molecular weight is 365 g/mol. The zero-order chi connectivity index (χ0) is 17.9. The Hall–Kier alpha value is -1.13. The number of carbonyl (C=O) groups is 1. The van der Waals surface area contributed by atoms with Gasteiger partial charge in [0, 0.05) is 11.6 Å². The van der Waals surface area contributed by atoms with Crippen molar-refractivity contribution < 1.29 is 18.3 Å². The van der Waals surface area contributed by atoms with E-state index in [9.17, 15) is 13.6 Å². The number of benzene rings is 1. The molecule has 1 unspecified atom stereocenters. The summed E-state index contributed by atoms with van der Waals surface area (Å²) in [6.45, 7) is 8.33. The first-order valence-electron chi connectivity index (χ1n) is 7.08. The van der Waals surface area contributed by atoms with E-state index in [4.69, 9.17) is 27.9 Å². The highest BCUT2D eigenvalue weighted by Crippen LogP contribution is 2.31. The predicted molar refractivity (Wildman–Crippen MR) is 88.4 cm³/mol. The van der Waals surface area contributed by atoms with E-state index in [2.05, 4.69) is 0 Å². The van der Waals surface area contributed by atoms with Crippen molar-refractivity contribution >= 4 is 29.2 Å². The van der Waals surface area contributed by atoms with Crippen molar-refractivity contribution in [2.75, 3.05) is 0 Å². The molecule has 1 atom stereocenters. The Kier molecular flexibility index (Phi) is 6.60. The minimum Gasteiger partial charge on any atom is -0.460 e. The van der Waals surface area contributed by atoms with Crippen molar-refractivity contribution in [2.24, 2.45) is 11.3 Å². The molecule has 0 saturated carbocycles. The van der Waals surface area contributed by atoms with Crippen LogP contribution < -0.4 is 0 Å². The molecule has 0 N–H and O–H groups in total. The fourth-order valence-corrected chi connectivity index (χ4v) is 2.40. The average Bonchev–Trinajstić information content (AvgIpc) is 2.41. The maximum Gasteiger partial charge on any atom is 0.313 e. The van der Waals surface area contributed by atoms with Crippen molar-refractivity contribution in [1.29, 1.82) is 0 Å². The van der Waals surface area contributed by atoms with Crippen molar-refractivity contribution in [3.05, 3.63) is 45.0 Å². The van der Waals surface area contributed by atoms with Crippen LogP contribution in [0.15, 0.2) is 16.6 Å². The number of halogens is 4. The van der Waals surface area contributed by atoms with Crippen molar-refractivity contribution in [3.8, 4) is 0 Å². The van der Waals surface area contributed by atoms with Crippen LogP contribution in [-0.4, -0.2) is 5.97 Å². The molecule has 0 aliphatic heterocycles. The van der Waals surface area contributed by atoms with Crippen LogP contribution in [0.3, 0.4) is 0 Å². The Labute approximate surface area is 145 Å². The van der Waals surface area contributed by atoms with E-state index in [0.29, 0.717) is 5.56 Å². The van der Waals surface area contributed by atoms with Gasteiger partial charge in [-0.3, -0.25) is 4.79 Å². The lowest BCUT2D eigenvalue weighted by atomic mass is 9.81. The highest BCUT2D eigenvalue weighted by atomic mass is 35.5. The van der Waals surface area contributed by atoms with Gasteiger partial charge >= 0.3 is 5.97 Å². The Morgan fingerprint density at radius 1 is 1.22 bits per heavy atom. The van der Waals surface area contributed by atoms with Gasteiger partial charge in [-0.25, -0.2) is 8.78 Å². The first-order chi connectivity index (χ1) is 10.4. The van der Waals surface area contributed by atoms with E-state index >= 15 is 0 Å². The standard InChI is InChI=1S/C17H20Cl2F2O2/c1-9-11(10(2)14(21)7-13(9)20)8-23-16(22)12(6-15(18)19)17(3,4)5/h6-7,12H,8H2,1-5H3. The molecule has 0 aromatic heterocycles. The van der Waals surface area contributed by atoms with Gasteiger partial charge in [-0.15, -0.1) is 0 Å². The normalized spacial score (nSPS) is 12.7. The molecule has 0 aliphatic carbocycles. The minimum absolute atomic E-state index is 0.0361. The van der Waals surface area contributed by atoms with Gasteiger partial charge in [0.2, 0.25) is 0 Å². The fourth-order valence-electron chi connectivity index (χ4n) is 2.14. The molecule has 1 aromatic rings. The van der Waals surface area contributed by atoms with E-state index in [1.165, 1.54) is 19.9 Å². The van der Waals surface area contributed by atoms with Crippen LogP contribution in [0.25, 0.3) is 0 Å². The lowest BCUT2D eigenvalue weighted by Gasteiger charge is -2.26. The van der Waals surface area contributed by atoms with E-state index in [1.807, 2.05) is 20.8 Å². The summed E-state index contributed by atoms with van der Waals surface area (Å²) in [6, 6.07) is 0.823. The molecule has 0 radical (unpaired) electrons. The second kappa shape index (κ2) is 7.63. The number of esters is 1. The third-order valence-corrected chi connectivity index (χ3v) is 3.97. The van der Waals surface area contributed by atoms with Crippen LogP contribution in [0, 0.1) is 36.8 Å². The van der Waals surface area contributed by atoms with Crippen LogP contribution in [-0.2, 0) is 16.1 Å². The monoisotopic (exact) mass is 364 g/mol. The summed E-state index contributed by atoms with van der Waals surface area (Å²) in [4.78, 5) is 12.3. The third-order valence-electron chi connectivity index (χ3n) is 3.71. The summed E-state index contributed by atoms with van der Waals surface area (Å²) in [5, 5.41) is 0. The molecule has 1 rings (SSSR count). The maximum absolute atomic E-state index is 13.6. The molecular weight excluding hydrogens is 345 g/mol. The van der Waals surface area contributed by atoms with Gasteiger partial charge in [-0.05, 0) is 36.5 Å². The van der Waals surface area contributed by atoms with Crippen LogP contribution in [0.4, 0.5) is 8.78 Å². The number of ether oxygens (including phenoxy) is 1. The molecule has 0 saturated heterocycles. The molecule has 0 amide bonds. The van der Waals surface area contributed by atoms with Crippen molar-refractivity contribution in [3.63, 3.8) is 0 Å². The summed E-state index contributed by atoms with van der Waals surface area (Å²) in [6.07, 6.45) is 1.40. The summed E-state index contributed by atoms with van der Waals surface area (Å²) in [5.41, 5.74) is 0.373. The van der Waals surface area contributed by atoms with Gasteiger partial charge < -0.3 is 4.74 Å². The molecular formula is C17H20Cl2F2O2. The van der Waals surface area contributed by atoms with Crippen LogP contribution in [0.1, 0.15) is 37.5 Å². The van der Waals surface area contributed by atoms with Gasteiger partial charge in [0.1, 0.15) is 22.7 Å². The number of rotatable bonds is 4. The second-order valence-corrected chi connectivity index (χ2v) is 7.48. The molecule has 0 heterocycles. The number of hydrogen-bond donors (Lipinski definition) is 0. The van der Waals surface area contributed by atoms with E-state index in [0.717, 1.165) is 6.07 Å². The van der Waals surface area contributed by atoms with E-state index < -0.39 is 28.9 Å². The molecule has 2 nitrogen and oxygen atoms in total. The lowest BCUT2D eigenvalue weighted by Crippen LogP contribution is -2.29. The number of carbonyl (C=O) groups excluding carboxylic acids is 1. The summed E-state index contributed by atoms with van der Waals surface area (Å²) < 4.78 is 32.5. The van der Waals surface area contributed by atoms with Crippen LogP contribution >= 0.6 is 23.2 Å². The zero-order valence-corrected chi connectivity index (χ0v) is 15.3. The van der Waals surface area contributed by atoms with Gasteiger partial charge in [-0.2, -0.15) is 0 Å². The van der Waals surface area contributed by atoms with Crippen molar-refractivity contribution in [1.82, 2.24) is 0 Å². The van der Waals surface area contributed by atoms with E-state index in [-0.39, 0.29) is 22.2 Å². The van der Waals surface area contributed by atoms with E-state index in [1.54, 1.807) is 0 Å². The summed E-state index contributed by atoms with van der Waals surface area (Å²) in [7, 11) is 0. The second-order valence-electron chi connectivity index (χ2n) is 6.48. The molecule has 6 heteroatoms. The third kappa shape index (κ3) is 5.18. The Balaban J connectivity index is 3.02. The van der Waals surface area contributed by atoms with Crippen molar-refractivity contribution in [2.45, 2.75) is 41.2 Å². The first-order valence-corrected chi connectivity index (χ1v) is 7.84. The van der Waals surface area contributed by atoms with Crippen LogP contribution in [0.2, 0.25) is 0 Å². The predicted octanol–water partition coefficient (Wildman–Crippen LogP) is 5.61. The first kappa shape index (κ1) is 19.9. The molecule has 1 aromatic carbocycles. The Morgan fingerprint density at radius 3 is 2.09 bits per heavy atom. The van der Waals surface area contributed by atoms with Gasteiger partial charge in [-0.1, -0.05) is 44.0 Å². The zero-order valence-electron chi connectivity index (χ0n) is 13.8. The molecule has 0 fully saturated rings. The SMILES string of the molecule is Cc1c(F)cc(F)c(C)c1COC(=O)C(C=C(Cl)Cl)C(C)(C)C. The Morgan fingerprint density at radius 2 is 1.70 bits per heavy atom.